The molecular weight excluding hydrogens is 248 g/mol. The zero-order chi connectivity index (χ0) is 15.3. The van der Waals surface area contributed by atoms with Crippen LogP contribution < -0.4 is 0 Å². The lowest BCUT2D eigenvalue weighted by molar-refractivity contribution is 1.39. The van der Waals surface area contributed by atoms with E-state index >= 15 is 0 Å². The van der Waals surface area contributed by atoms with Gasteiger partial charge in [-0.1, -0.05) is 57.5 Å². The van der Waals surface area contributed by atoms with Crippen molar-refractivity contribution in [3.8, 4) is 0 Å². The van der Waals surface area contributed by atoms with Crippen molar-refractivity contribution in [3.05, 3.63) is 53.0 Å². The number of hydrogen-bond donors (Lipinski definition) is 0. The van der Waals surface area contributed by atoms with Crippen LogP contribution in [0.2, 0.25) is 0 Å². The summed E-state index contributed by atoms with van der Waals surface area (Å²) in [6.07, 6.45) is 6.69. The summed E-state index contributed by atoms with van der Waals surface area (Å²) in [5.74, 6) is 0. The second-order valence-electron chi connectivity index (χ2n) is 3.84. The summed E-state index contributed by atoms with van der Waals surface area (Å²) in [5.41, 5.74) is 1.35. The summed E-state index contributed by atoms with van der Waals surface area (Å²) in [4.78, 5) is 2.84. The van der Waals surface area contributed by atoms with E-state index in [4.69, 9.17) is 0 Å². The van der Waals surface area contributed by atoms with Gasteiger partial charge in [0.1, 0.15) is 11.2 Å². The second-order valence-corrected chi connectivity index (χ2v) is 5.98. The molecule has 1 atom stereocenters. The Hall–Kier alpha value is -0.950. The molecule has 0 spiro atoms. The van der Waals surface area contributed by atoms with E-state index in [0.29, 0.717) is 0 Å². The summed E-state index contributed by atoms with van der Waals surface area (Å²) in [5, 5.41) is 0. The first-order chi connectivity index (χ1) is 9.11. The molecule has 0 amide bonds. The Labute approximate surface area is 124 Å². The highest BCUT2D eigenvalue weighted by atomic mass is 32.2. The molecule has 0 aromatic heterocycles. The molecule has 1 heteroatoms. The SMILES string of the molecule is CC.CC.CC(C)=C/C=C(\C)[S+](C)c1ccccc1. The largest absolute Gasteiger partial charge is 0.160 e. The average molecular weight is 280 g/mol. The Morgan fingerprint density at radius 3 is 1.74 bits per heavy atom. The van der Waals surface area contributed by atoms with Gasteiger partial charge in [0.05, 0.1) is 10.9 Å². The second kappa shape index (κ2) is 13.5. The fraction of sp³-hybridized carbons (Fsp3) is 0.444. The van der Waals surface area contributed by atoms with E-state index in [0.717, 1.165) is 0 Å². The first-order valence-electron chi connectivity index (χ1n) is 7.14. The maximum atomic E-state index is 2.28. The van der Waals surface area contributed by atoms with Crippen LogP contribution in [-0.2, 0) is 10.9 Å². The molecule has 0 bridgehead atoms. The predicted octanol–water partition coefficient (Wildman–Crippen LogP) is 6.22. The maximum Gasteiger partial charge on any atom is 0.160 e. The molecule has 0 saturated heterocycles. The highest BCUT2D eigenvalue weighted by Crippen LogP contribution is 2.18. The molecule has 0 aliphatic carbocycles. The van der Waals surface area contributed by atoms with Crippen molar-refractivity contribution >= 4 is 10.9 Å². The third-order valence-corrected chi connectivity index (χ3v) is 4.31. The molecule has 108 valence electrons. The lowest BCUT2D eigenvalue weighted by atomic mass is 10.3. The molecule has 0 aliphatic heterocycles. The monoisotopic (exact) mass is 279 g/mol. The van der Waals surface area contributed by atoms with E-state index in [1.54, 1.807) is 0 Å². The molecule has 0 nitrogen and oxygen atoms in total. The van der Waals surface area contributed by atoms with Crippen molar-refractivity contribution in [1.29, 1.82) is 0 Å². The van der Waals surface area contributed by atoms with Crippen LogP contribution in [0, 0.1) is 0 Å². The van der Waals surface area contributed by atoms with Crippen LogP contribution in [0.1, 0.15) is 48.5 Å². The summed E-state index contributed by atoms with van der Waals surface area (Å²) < 4.78 is 0. The van der Waals surface area contributed by atoms with Gasteiger partial charge in [-0.25, -0.2) is 0 Å². The van der Waals surface area contributed by atoms with Crippen molar-refractivity contribution in [1.82, 2.24) is 0 Å². The number of hydrogen-bond acceptors (Lipinski definition) is 0. The van der Waals surface area contributed by atoms with Crippen LogP contribution in [0.15, 0.2) is 57.9 Å². The molecule has 1 aromatic rings. The fourth-order valence-corrected chi connectivity index (χ4v) is 2.41. The van der Waals surface area contributed by atoms with Gasteiger partial charge in [0.25, 0.3) is 0 Å². The number of benzene rings is 1. The van der Waals surface area contributed by atoms with E-state index in [2.05, 4.69) is 69.5 Å². The first kappa shape index (κ1) is 20.4. The highest BCUT2D eigenvalue weighted by Gasteiger charge is 2.16. The zero-order valence-electron chi connectivity index (χ0n) is 13.9. The van der Waals surface area contributed by atoms with Gasteiger partial charge in [0, 0.05) is 6.92 Å². The van der Waals surface area contributed by atoms with E-state index in [1.165, 1.54) is 15.4 Å². The lowest BCUT2D eigenvalue weighted by Crippen LogP contribution is -2.00. The van der Waals surface area contributed by atoms with E-state index in [1.807, 2.05) is 27.7 Å². The van der Waals surface area contributed by atoms with Crippen molar-refractivity contribution < 1.29 is 0 Å². The molecule has 1 rings (SSSR count). The van der Waals surface area contributed by atoms with Gasteiger partial charge in [0.2, 0.25) is 0 Å². The molecule has 0 N–H and O–H groups in total. The average Bonchev–Trinajstić information content (AvgIpc) is 2.49. The maximum absolute atomic E-state index is 2.28. The van der Waals surface area contributed by atoms with Gasteiger partial charge < -0.3 is 0 Å². The van der Waals surface area contributed by atoms with Crippen LogP contribution in [0.25, 0.3) is 0 Å². The molecule has 19 heavy (non-hydrogen) atoms. The smallest absolute Gasteiger partial charge is 0.0763 e. The van der Waals surface area contributed by atoms with Crippen molar-refractivity contribution in [2.75, 3.05) is 6.26 Å². The third-order valence-electron chi connectivity index (χ3n) is 2.23. The van der Waals surface area contributed by atoms with Gasteiger partial charge in [-0.3, -0.25) is 0 Å². The van der Waals surface area contributed by atoms with Crippen molar-refractivity contribution in [3.63, 3.8) is 0 Å². The molecule has 1 unspecified atom stereocenters. The lowest BCUT2D eigenvalue weighted by Gasteiger charge is -2.01. The zero-order valence-corrected chi connectivity index (χ0v) is 14.8. The van der Waals surface area contributed by atoms with Gasteiger partial charge in [-0.2, -0.15) is 0 Å². The van der Waals surface area contributed by atoms with Crippen LogP contribution in [0.3, 0.4) is 0 Å². The minimum Gasteiger partial charge on any atom is -0.0763 e. The van der Waals surface area contributed by atoms with Crippen LogP contribution in [0.4, 0.5) is 0 Å². The topological polar surface area (TPSA) is 0 Å². The predicted molar refractivity (Wildman–Crippen MR) is 93.9 cm³/mol. The van der Waals surface area contributed by atoms with E-state index in [-0.39, 0.29) is 10.9 Å². The first-order valence-corrected chi connectivity index (χ1v) is 8.77. The van der Waals surface area contributed by atoms with Gasteiger partial charge in [-0.15, -0.1) is 0 Å². The highest BCUT2D eigenvalue weighted by molar-refractivity contribution is 7.99. The fourth-order valence-electron chi connectivity index (χ4n) is 1.20. The van der Waals surface area contributed by atoms with E-state index in [9.17, 15) is 0 Å². The van der Waals surface area contributed by atoms with Crippen molar-refractivity contribution in [2.24, 2.45) is 0 Å². The Bertz CT molecular complexity index is 357. The molecule has 0 heterocycles. The molecule has 0 aliphatic rings. The number of rotatable bonds is 3. The van der Waals surface area contributed by atoms with Crippen molar-refractivity contribution in [2.45, 2.75) is 53.4 Å². The van der Waals surface area contributed by atoms with Gasteiger partial charge in [0.15, 0.2) is 4.90 Å². The van der Waals surface area contributed by atoms with Gasteiger partial charge in [-0.05, 0) is 32.1 Å². The van der Waals surface area contributed by atoms with Crippen LogP contribution >= 0.6 is 0 Å². The Balaban J connectivity index is 0. The molecule has 0 fully saturated rings. The molecular formula is C18H31S+. The van der Waals surface area contributed by atoms with Crippen LogP contribution in [-0.4, -0.2) is 6.26 Å². The van der Waals surface area contributed by atoms with Gasteiger partial charge >= 0.3 is 0 Å². The Morgan fingerprint density at radius 1 is 0.842 bits per heavy atom. The Kier molecular flexibility index (Phi) is 14.5. The summed E-state index contributed by atoms with van der Waals surface area (Å²) in [6, 6.07) is 10.7. The summed E-state index contributed by atoms with van der Waals surface area (Å²) in [6.45, 7) is 14.5. The molecule has 0 saturated carbocycles. The minimum atomic E-state index is 0.222. The molecule has 1 aromatic carbocycles. The van der Waals surface area contributed by atoms with Crippen LogP contribution in [0.5, 0.6) is 0 Å². The number of allylic oxidation sites excluding steroid dienone is 4. The standard InChI is InChI=1S/C14H19S.2C2H6/c1-12(2)10-11-13(3)15(4)14-8-6-5-7-9-14;2*1-2/h5-11H,1-4H3;2*1-2H3/q+1;;/b13-11+;;. The summed E-state index contributed by atoms with van der Waals surface area (Å²) >= 11 is 0. The third kappa shape index (κ3) is 9.61. The van der Waals surface area contributed by atoms with E-state index < -0.39 is 0 Å². The summed E-state index contributed by atoms with van der Waals surface area (Å²) in [7, 11) is 0.222. The quantitative estimate of drug-likeness (QED) is 0.455. The molecule has 0 radical (unpaired) electrons. The normalized spacial score (nSPS) is 11.3. The Morgan fingerprint density at radius 2 is 1.32 bits per heavy atom. The minimum absolute atomic E-state index is 0.222.